The van der Waals surface area contributed by atoms with Gasteiger partial charge in [0.25, 0.3) is 5.91 Å². The van der Waals surface area contributed by atoms with Crippen molar-refractivity contribution in [3.05, 3.63) is 35.4 Å². The monoisotopic (exact) mass is 344 g/mol. The van der Waals surface area contributed by atoms with Gasteiger partial charge in [0.2, 0.25) is 0 Å². The molecule has 0 saturated heterocycles. The first-order valence-electron chi connectivity index (χ1n) is 9.25. The summed E-state index contributed by atoms with van der Waals surface area (Å²) < 4.78 is 0. The average molecular weight is 345 g/mol. The molecule has 0 heterocycles. The highest BCUT2D eigenvalue weighted by molar-refractivity contribution is 5.94. The third kappa shape index (κ3) is 5.21. The summed E-state index contributed by atoms with van der Waals surface area (Å²) >= 11 is 0. The van der Waals surface area contributed by atoms with Crippen molar-refractivity contribution in [2.45, 2.75) is 39.0 Å². The van der Waals surface area contributed by atoms with Crippen LogP contribution in [0.15, 0.2) is 29.3 Å². The molecule has 0 radical (unpaired) electrons. The molecule has 2 rings (SSSR count). The average Bonchev–Trinajstić information content (AvgIpc) is 2.59. The molecule has 5 heteroatoms. The maximum absolute atomic E-state index is 12.0. The van der Waals surface area contributed by atoms with E-state index in [0.717, 1.165) is 36.6 Å². The van der Waals surface area contributed by atoms with Crippen molar-refractivity contribution in [3.63, 3.8) is 0 Å². The molecule has 1 aromatic rings. The molecule has 1 aliphatic carbocycles. The molecular weight excluding hydrogens is 312 g/mol. The quantitative estimate of drug-likeness (QED) is 0.591. The summed E-state index contributed by atoms with van der Waals surface area (Å²) in [4.78, 5) is 18.0. The predicted octanol–water partition coefficient (Wildman–Crippen LogP) is 2.68. The minimum atomic E-state index is 0.0395. The summed E-state index contributed by atoms with van der Waals surface area (Å²) in [6.07, 6.45) is 6.07. The molecule has 1 saturated carbocycles. The van der Waals surface area contributed by atoms with Gasteiger partial charge in [-0.25, -0.2) is 0 Å². The van der Waals surface area contributed by atoms with Crippen LogP contribution in [0, 0.1) is 5.41 Å². The smallest absolute Gasteiger partial charge is 0.253 e. The Bertz CT molecular complexity index is 600. The van der Waals surface area contributed by atoms with Crippen LogP contribution in [-0.4, -0.2) is 51.0 Å². The fraction of sp³-hybridized carbons (Fsp3) is 0.600. The number of benzene rings is 1. The van der Waals surface area contributed by atoms with E-state index in [4.69, 9.17) is 0 Å². The summed E-state index contributed by atoms with van der Waals surface area (Å²) in [6, 6.07) is 7.84. The molecule has 0 spiro atoms. The van der Waals surface area contributed by atoms with Crippen LogP contribution in [0.4, 0.5) is 0 Å². The van der Waals surface area contributed by atoms with Crippen molar-refractivity contribution in [2.75, 3.05) is 34.2 Å². The predicted molar refractivity (Wildman–Crippen MR) is 104 cm³/mol. The zero-order valence-corrected chi connectivity index (χ0v) is 16.1. The molecule has 138 valence electrons. The van der Waals surface area contributed by atoms with Gasteiger partial charge in [0.1, 0.15) is 0 Å². The van der Waals surface area contributed by atoms with E-state index in [0.29, 0.717) is 5.41 Å². The lowest BCUT2D eigenvalue weighted by Crippen LogP contribution is -2.46. The molecule has 0 aromatic heterocycles. The molecule has 2 N–H and O–H groups in total. The first kappa shape index (κ1) is 19.3. The van der Waals surface area contributed by atoms with Crippen molar-refractivity contribution < 1.29 is 4.79 Å². The second kappa shape index (κ2) is 8.88. The van der Waals surface area contributed by atoms with Crippen LogP contribution in [0.1, 0.15) is 48.5 Å². The van der Waals surface area contributed by atoms with E-state index in [2.05, 4.69) is 28.6 Å². The maximum Gasteiger partial charge on any atom is 0.253 e. The van der Waals surface area contributed by atoms with Gasteiger partial charge >= 0.3 is 0 Å². The lowest BCUT2D eigenvalue weighted by Gasteiger charge is -2.41. The second-order valence-electron chi connectivity index (χ2n) is 7.21. The van der Waals surface area contributed by atoms with Crippen LogP contribution in [0.25, 0.3) is 0 Å². The third-order valence-corrected chi connectivity index (χ3v) is 5.30. The van der Waals surface area contributed by atoms with Gasteiger partial charge in [-0.1, -0.05) is 25.5 Å². The highest BCUT2D eigenvalue weighted by Gasteiger charge is 2.34. The maximum atomic E-state index is 12.0. The second-order valence-corrected chi connectivity index (χ2v) is 7.21. The molecular formula is C20H32N4O. The lowest BCUT2D eigenvalue weighted by atomic mass is 9.67. The normalized spacial score (nSPS) is 16.1. The minimum absolute atomic E-state index is 0.0395. The number of hydrogen-bond donors (Lipinski definition) is 2. The zero-order valence-electron chi connectivity index (χ0n) is 16.1. The minimum Gasteiger partial charge on any atom is -0.356 e. The fourth-order valence-corrected chi connectivity index (χ4v) is 3.27. The summed E-state index contributed by atoms with van der Waals surface area (Å²) in [7, 11) is 5.36. The van der Waals surface area contributed by atoms with Gasteiger partial charge in [-0.05, 0) is 48.8 Å². The van der Waals surface area contributed by atoms with Crippen LogP contribution in [0.3, 0.4) is 0 Å². The van der Waals surface area contributed by atoms with E-state index in [1.165, 1.54) is 25.7 Å². The van der Waals surface area contributed by atoms with Crippen LogP contribution in [0.5, 0.6) is 0 Å². The fourth-order valence-electron chi connectivity index (χ4n) is 3.27. The van der Waals surface area contributed by atoms with Crippen molar-refractivity contribution in [3.8, 4) is 0 Å². The third-order valence-electron chi connectivity index (χ3n) is 5.30. The van der Waals surface area contributed by atoms with Crippen molar-refractivity contribution in [2.24, 2.45) is 10.4 Å². The number of aliphatic imine (C=N–C) groups is 1. The molecule has 0 aliphatic heterocycles. The highest BCUT2D eigenvalue weighted by atomic mass is 16.2. The van der Waals surface area contributed by atoms with E-state index in [1.54, 1.807) is 19.0 Å². The number of nitrogens with one attached hydrogen (secondary N) is 2. The van der Waals surface area contributed by atoms with E-state index in [-0.39, 0.29) is 5.91 Å². The van der Waals surface area contributed by atoms with Crippen LogP contribution >= 0.6 is 0 Å². The number of rotatable bonds is 7. The summed E-state index contributed by atoms with van der Waals surface area (Å²) in [5.74, 6) is 0.901. The first-order valence-corrected chi connectivity index (χ1v) is 9.25. The van der Waals surface area contributed by atoms with E-state index >= 15 is 0 Å². The van der Waals surface area contributed by atoms with Gasteiger partial charge in [-0.15, -0.1) is 0 Å². The Balaban J connectivity index is 1.81. The van der Waals surface area contributed by atoms with Crippen molar-refractivity contribution >= 4 is 11.9 Å². The SMILES string of the molecule is CCC1(CNC(=NC)NCCc2cccc(C(=O)N(C)C)c2)CCC1. The van der Waals surface area contributed by atoms with Crippen LogP contribution in [0.2, 0.25) is 0 Å². The number of guanidine groups is 1. The lowest BCUT2D eigenvalue weighted by molar-refractivity contribution is 0.0827. The molecule has 1 amide bonds. The number of amides is 1. The Kier molecular flexibility index (Phi) is 6.85. The van der Waals surface area contributed by atoms with E-state index in [9.17, 15) is 4.79 Å². The number of hydrogen-bond acceptors (Lipinski definition) is 2. The van der Waals surface area contributed by atoms with Crippen LogP contribution in [-0.2, 0) is 6.42 Å². The Hall–Kier alpha value is -2.04. The highest BCUT2D eigenvalue weighted by Crippen LogP contribution is 2.42. The van der Waals surface area contributed by atoms with Gasteiger partial charge in [0.05, 0.1) is 0 Å². The van der Waals surface area contributed by atoms with Gasteiger partial charge in [-0.2, -0.15) is 0 Å². The van der Waals surface area contributed by atoms with Gasteiger partial charge < -0.3 is 15.5 Å². The summed E-state index contributed by atoms with van der Waals surface area (Å²) in [5, 5.41) is 6.85. The Morgan fingerprint density at radius 1 is 1.28 bits per heavy atom. The Morgan fingerprint density at radius 3 is 2.60 bits per heavy atom. The molecule has 1 aliphatic rings. The van der Waals surface area contributed by atoms with Crippen LogP contribution < -0.4 is 10.6 Å². The number of nitrogens with zero attached hydrogens (tertiary/aromatic N) is 2. The van der Waals surface area contributed by atoms with E-state index < -0.39 is 0 Å². The Morgan fingerprint density at radius 2 is 2.04 bits per heavy atom. The molecule has 0 unspecified atom stereocenters. The molecule has 0 atom stereocenters. The van der Waals surface area contributed by atoms with Crippen molar-refractivity contribution in [1.29, 1.82) is 0 Å². The molecule has 0 bridgehead atoms. The largest absolute Gasteiger partial charge is 0.356 e. The number of carbonyl (C=O) groups is 1. The van der Waals surface area contributed by atoms with Gasteiger partial charge in [-0.3, -0.25) is 9.79 Å². The molecule has 1 aromatic carbocycles. The van der Waals surface area contributed by atoms with Crippen molar-refractivity contribution in [1.82, 2.24) is 15.5 Å². The zero-order chi connectivity index (χ0) is 18.3. The topological polar surface area (TPSA) is 56.7 Å². The summed E-state index contributed by atoms with van der Waals surface area (Å²) in [6.45, 7) is 4.06. The summed E-state index contributed by atoms with van der Waals surface area (Å²) in [5.41, 5.74) is 2.36. The van der Waals surface area contributed by atoms with E-state index in [1.807, 2.05) is 25.2 Å². The number of carbonyl (C=O) groups excluding carboxylic acids is 1. The van der Waals surface area contributed by atoms with Gasteiger partial charge in [0.15, 0.2) is 5.96 Å². The molecule has 5 nitrogen and oxygen atoms in total. The molecule has 25 heavy (non-hydrogen) atoms. The molecule has 1 fully saturated rings. The standard InChI is InChI=1S/C20H32N4O/c1-5-20(11-7-12-20)15-23-19(21-2)22-13-10-16-8-6-9-17(14-16)18(25)24(3)4/h6,8-9,14H,5,7,10-13,15H2,1-4H3,(H2,21,22,23). The first-order chi connectivity index (χ1) is 12.0. The van der Waals surface area contributed by atoms with Gasteiger partial charge in [0, 0.05) is 39.8 Å². The Labute approximate surface area is 151 Å².